The molecule has 2 rings (SSSR count). The van der Waals surface area contributed by atoms with Crippen molar-refractivity contribution in [3.05, 3.63) is 34.6 Å². The molecule has 1 aliphatic rings. The largest absolute Gasteiger partial charge is 0.481 e. The Hall–Kier alpha value is -1.13. The monoisotopic (exact) mass is 285 g/mol. The highest BCUT2D eigenvalue weighted by Crippen LogP contribution is 2.26. The second kappa shape index (κ2) is 5.88. The number of rotatable bonds is 3. The number of benzene rings is 1. The van der Waals surface area contributed by atoms with Gasteiger partial charge in [-0.05, 0) is 44.0 Å². The van der Waals surface area contributed by atoms with Crippen molar-refractivity contribution in [1.29, 1.82) is 0 Å². The summed E-state index contributed by atoms with van der Waals surface area (Å²) in [6, 6.07) is 4.63. The standard InChI is InChI=1S/C14H17ClFNO2/c1-9-11(14(18)19)3-2-6-17(9)8-10-4-5-13(16)12(15)7-10/h4-5,7,9,11H,2-3,6,8H2,1H3,(H,18,19)/t9-,11-/m1/s1. The summed E-state index contributed by atoms with van der Waals surface area (Å²) in [7, 11) is 0. The molecule has 5 heteroatoms. The average molecular weight is 286 g/mol. The Morgan fingerprint density at radius 3 is 2.95 bits per heavy atom. The van der Waals surface area contributed by atoms with Gasteiger partial charge in [-0.3, -0.25) is 9.69 Å². The van der Waals surface area contributed by atoms with E-state index < -0.39 is 11.8 Å². The first-order valence-corrected chi connectivity index (χ1v) is 6.77. The van der Waals surface area contributed by atoms with Crippen molar-refractivity contribution in [3.8, 4) is 0 Å². The Bertz CT molecular complexity index is 481. The van der Waals surface area contributed by atoms with E-state index in [1.807, 2.05) is 6.92 Å². The van der Waals surface area contributed by atoms with Gasteiger partial charge in [0.15, 0.2) is 0 Å². The number of nitrogens with zero attached hydrogens (tertiary/aromatic N) is 1. The number of hydrogen-bond acceptors (Lipinski definition) is 2. The lowest BCUT2D eigenvalue weighted by Crippen LogP contribution is -2.45. The van der Waals surface area contributed by atoms with Gasteiger partial charge in [-0.25, -0.2) is 4.39 Å². The third kappa shape index (κ3) is 3.25. The van der Waals surface area contributed by atoms with E-state index in [0.29, 0.717) is 6.54 Å². The topological polar surface area (TPSA) is 40.5 Å². The summed E-state index contributed by atoms with van der Waals surface area (Å²) >= 11 is 5.76. The van der Waals surface area contributed by atoms with Crippen LogP contribution >= 0.6 is 11.6 Å². The lowest BCUT2D eigenvalue weighted by Gasteiger charge is -2.37. The van der Waals surface area contributed by atoms with E-state index in [1.165, 1.54) is 6.07 Å². The first-order valence-electron chi connectivity index (χ1n) is 6.40. The third-order valence-electron chi connectivity index (χ3n) is 3.81. The molecule has 0 spiro atoms. The van der Waals surface area contributed by atoms with E-state index in [0.717, 1.165) is 24.9 Å². The number of carbonyl (C=O) groups is 1. The van der Waals surface area contributed by atoms with E-state index in [4.69, 9.17) is 11.6 Å². The lowest BCUT2D eigenvalue weighted by atomic mass is 9.90. The first-order chi connectivity index (χ1) is 8.99. The fourth-order valence-corrected chi connectivity index (χ4v) is 2.84. The molecule has 3 nitrogen and oxygen atoms in total. The second-order valence-corrected chi connectivity index (χ2v) is 5.45. The van der Waals surface area contributed by atoms with Gasteiger partial charge in [0.1, 0.15) is 5.82 Å². The van der Waals surface area contributed by atoms with E-state index in [2.05, 4.69) is 4.90 Å². The van der Waals surface area contributed by atoms with Crippen LogP contribution in [0.2, 0.25) is 5.02 Å². The van der Waals surface area contributed by atoms with Crippen molar-refractivity contribution in [1.82, 2.24) is 4.90 Å². The van der Waals surface area contributed by atoms with Crippen LogP contribution in [0.25, 0.3) is 0 Å². The smallest absolute Gasteiger partial charge is 0.308 e. The predicted molar refractivity (Wildman–Crippen MR) is 71.6 cm³/mol. The number of halogens is 2. The summed E-state index contributed by atoms with van der Waals surface area (Å²) < 4.78 is 13.1. The molecular formula is C14H17ClFNO2. The summed E-state index contributed by atoms with van der Waals surface area (Å²) in [6.45, 7) is 3.40. The fourth-order valence-electron chi connectivity index (χ4n) is 2.64. The first kappa shape index (κ1) is 14.3. The maximum atomic E-state index is 13.1. The van der Waals surface area contributed by atoms with Crippen LogP contribution in [0, 0.1) is 11.7 Å². The van der Waals surface area contributed by atoms with Gasteiger partial charge in [0.2, 0.25) is 0 Å². The highest BCUT2D eigenvalue weighted by Gasteiger charge is 2.32. The summed E-state index contributed by atoms with van der Waals surface area (Å²) in [6.07, 6.45) is 1.59. The minimum absolute atomic E-state index is 0.0184. The van der Waals surface area contributed by atoms with Gasteiger partial charge in [0, 0.05) is 12.6 Å². The van der Waals surface area contributed by atoms with E-state index in [1.54, 1.807) is 12.1 Å². The second-order valence-electron chi connectivity index (χ2n) is 5.05. The van der Waals surface area contributed by atoms with Crippen LogP contribution < -0.4 is 0 Å². The maximum Gasteiger partial charge on any atom is 0.308 e. The minimum Gasteiger partial charge on any atom is -0.481 e. The molecule has 1 aliphatic heterocycles. The molecule has 0 bridgehead atoms. The van der Waals surface area contributed by atoms with Crippen molar-refractivity contribution in [2.45, 2.75) is 32.4 Å². The van der Waals surface area contributed by atoms with Gasteiger partial charge in [-0.2, -0.15) is 0 Å². The zero-order valence-corrected chi connectivity index (χ0v) is 11.5. The third-order valence-corrected chi connectivity index (χ3v) is 4.10. The number of carboxylic acid groups (broad SMARTS) is 1. The van der Waals surface area contributed by atoms with Gasteiger partial charge in [0.05, 0.1) is 10.9 Å². The quantitative estimate of drug-likeness (QED) is 0.927. The maximum absolute atomic E-state index is 13.1. The zero-order chi connectivity index (χ0) is 14.0. The molecule has 1 saturated heterocycles. The molecule has 0 aliphatic carbocycles. The SMILES string of the molecule is C[C@@H]1[C@H](C(=O)O)CCCN1Cc1ccc(F)c(Cl)c1. The molecule has 0 amide bonds. The highest BCUT2D eigenvalue weighted by atomic mass is 35.5. The minimum atomic E-state index is -0.741. The summed E-state index contributed by atoms with van der Waals surface area (Å²) in [5.41, 5.74) is 0.907. The number of likely N-dealkylation sites (tertiary alicyclic amines) is 1. The van der Waals surface area contributed by atoms with Crippen LogP contribution in [0.15, 0.2) is 18.2 Å². The Labute approximate surface area is 117 Å². The number of carboxylic acids is 1. The predicted octanol–water partition coefficient (Wildman–Crippen LogP) is 3.16. The highest BCUT2D eigenvalue weighted by molar-refractivity contribution is 6.30. The van der Waals surface area contributed by atoms with Crippen molar-refractivity contribution >= 4 is 17.6 Å². The molecule has 0 aromatic heterocycles. The number of aliphatic carboxylic acids is 1. The van der Waals surface area contributed by atoms with E-state index in [9.17, 15) is 14.3 Å². The van der Waals surface area contributed by atoms with Crippen LogP contribution in [0.5, 0.6) is 0 Å². The zero-order valence-electron chi connectivity index (χ0n) is 10.8. The molecule has 2 atom stereocenters. The molecule has 1 fully saturated rings. The van der Waals surface area contributed by atoms with Gasteiger partial charge in [0.25, 0.3) is 0 Å². The molecular weight excluding hydrogens is 269 g/mol. The van der Waals surface area contributed by atoms with Crippen molar-refractivity contribution in [2.24, 2.45) is 5.92 Å². The van der Waals surface area contributed by atoms with Gasteiger partial charge in [-0.1, -0.05) is 17.7 Å². The molecule has 104 valence electrons. The molecule has 0 unspecified atom stereocenters. The van der Waals surface area contributed by atoms with Gasteiger partial charge < -0.3 is 5.11 Å². The van der Waals surface area contributed by atoms with Gasteiger partial charge >= 0.3 is 5.97 Å². The van der Waals surface area contributed by atoms with Crippen LogP contribution in [0.1, 0.15) is 25.3 Å². The summed E-state index contributed by atoms with van der Waals surface area (Å²) in [5, 5.41) is 9.28. The normalized spacial score (nSPS) is 24.4. The average Bonchev–Trinajstić information content (AvgIpc) is 2.36. The van der Waals surface area contributed by atoms with Gasteiger partial charge in [-0.15, -0.1) is 0 Å². The lowest BCUT2D eigenvalue weighted by molar-refractivity contribution is -0.145. The Kier molecular flexibility index (Phi) is 4.42. The molecule has 19 heavy (non-hydrogen) atoms. The Morgan fingerprint density at radius 2 is 2.32 bits per heavy atom. The molecule has 0 radical (unpaired) electrons. The van der Waals surface area contributed by atoms with Crippen molar-refractivity contribution < 1.29 is 14.3 Å². The number of piperidine rings is 1. The molecule has 1 aromatic carbocycles. The summed E-state index contributed by atoms with van der Waals surface area (Å²) in [4.78, 5) is 13.3. The van der Waals surface area contributed by atoms with E-state index >= 15 is 0 Å². The van der Waals surface area contributed by atoms with E-state index in [-0.39, 0.29) is 17.0 Å². The van der Waals surface area contributed by atoms with Crippen molar-refractivity contribution in [2.75, 3.05) is 6.54 Å². The molecule has 0 saturated carbocycles. The summed E-state index contributed by atoms with van der Waals surface area (Å²) in [5.74, 6) is -1.50. The molecule has 1 N–H and O–H groups in total. The fraction of sp³-hybridized carbons (Fsp3) is 0.500. The van der Waals surface area contributed by atoms with Crippen LogP contribution in [-0.4, -0.2) is 28.6 Å². The molecule has 1 heterocycles. The van der Waals surface area contributed by atoms with Crippen LogP contribution in [-0.2, 0) is 11.3 Å². The number of hydrogen-bond donors (Lipinski definition) is 1. The van der Waals surface area contributed by atoms with Crippen LogP contribution in [0.4, 0.5) is 4.39 Å². The Balaban J connectivity index is 2.09. The van der Waals surface area contributed by atoms with Crippen LogP contribution in [0.3, 0.4) is 0 Å². The Morgan fingerprint density at radius 1 is 1.58 bits per heavy atom. The molecule has 1 aromatic rings. The van der Waals surface area contributed by atoms with Crippen molar-refractivity contribution in [3.63, 3.8) is 0 Å².